The van der Waals surface area contributed by atoms with E-state index in [2.05, 4.69) is 46.6 Å². The van der Waals surface area contributed by atoms with Crippen LogP contribution in [0.15, 0.2) is 18.2 Å². The maximum absolute atomic E-state index is 13.3. The van der Waals surface area contributed by atoms with Crippen LogP contribution in [-0.4, -0.2) is 55.5 Å². The molecule has 1 aromatic heterocycles. The van der Waals surface area contributed by atoms with E-state index in [1.54, 1.807) is 18.2 Å². The van der Waals surface area contributed by atoms with E-state index >= 15 is 0 Å². The Morgan fingerprint density at radius 3 is 2.53 bits per heavy atom. The number of aromatic amines is 1. The van der Waals surface area contributed by atoms with Gasteiger partial charge in [-0.3, -0.25) is 14.4 Å². The number of methoxy groups -OCH3 is 1. The molecular formula is C25H34ClN5O4Si. The average molecular weight is 532 g/mol. The fraction of sp³-hybridized carbons (Fsp3) is 0.520. The maximum Gasteiger partial charge on any atom is 0.268 e. The molecule has 0 aliphatic carbocycles. The predicted molar refractivity (Wildman–Crippen MR) is 142 cm³/mol. The van der Waals surface area contributed by atoms with Crippen molar-refractivity contribution in [3.63, 3.8) is 0 Å². The largest absolute Gasteiger partial charge is 0.496 e. The summed E-state index contributed by atoms with van der Waals surface area (Å²) in [5.41, 5.74) is 0.561. The molecule has 3 atom stereocenters. The molecule has 9 nitrogen and oxygen atoms in total. The van der Waals surface area contributed by atoms with Crippen LogP contribution >= 0.6 is 11.6 Å². The zero-order chi connectivity index (χ0) is 26.8. The molecule has 3 amide bonds. The van der Waals surface area contributed by atoms with Gasteiger partial charge in [-0.05, 0) is 50.9 Å². The second kappa shape index (κ2) is 10.5. The predicted octanol–water partition coefficient (Wildman–Crippen LogP) is 3.58. The fourth-order valence-electron chi connectivity index (χ4n) is 4.61. The molecular weight excluding hydrogens is 498 g/mol. The van der Waals surface area contributed by atoms with E-state index in [1.165, 1.54) is 7.11 Å². The van der Waals surface area contributed by atoms with Gasteiger partial charge in [-0.15, -0.1) is 0 Å². The lowest BCUT2D eigenvalue weighted by atomic mass is 9.92. The number of nitriles is 1. The molecule has 36 heavy (non-hydrogen) atoms. The van der Waals surface area contributed by atoms with Crippen molar-refractivity contribution in [2.75, 3.05) is 7.11 Å². The van der Waals surface area contributed by atoms with Gasteiger partial charge in [-0.25, -0.2) is 0 Å². The van der Waals surface area contributed by atoms with Crippen LogP contribution in [0.5, 0.6) is 5.75 Å². The van der Waals surface area contributed by atoms with Crippen LogP contribution in [0.3, 0.4) is 0 Å². The first-order valence-electron chi connectivity index (χ1n) is 11.9. The number of hydrogen-bond donors (Lipinski definition) is 4. The molecule has 0 bridgehead atoms. The summed E-state index contributed by atoms with van der Waals surface area (Å²) in [6.07, 6.45) is 0.802. The molecule has 1 aliphatic rings. The minimum Gasteiger partial charge on any atom is -0.496 e. The maximum atomic E-state index is 13.3. The number of rotatable bonds is 9. The van der Waals surface area contributed by atoms with Crippen LogP contribution in [0, 0.1) is 17.2 Å². The van der Waals surface area contributed by atoms with Gasteiger partial charge in [0.2, 0.25) is 11.8 Å². The fourth-order valence-corrected chi connectivity index (χ4v) is 6.33. The Labute approximate surface area is 217 Å². The van der Waals surface area contributed by atoms with E-state index in [0.717, 1.165) is 0 Å². The number of nitrogens with zero attached hydrogens (tertiary/aromatic N) is 1. The Hall–Kier alpha value is -3.03. The zero-order valence-corrected chi connectivity index (χ0v) is 23.3. The molecule has 1 aromatic carbocycles. The van der Waals surface area contributed by atoms with Crippen molar-refractivity contribution in [1.29, 1.82) is 5.26 Å². The van der Waals surface area contributed by atoms with Gasteiger partial charge in [-0.1, -0.05) is 31.2 Å². The number of ether oxygens (including phenoxy) is 1. The van der Waals surface area contributed by atoms with Crippen LogP contribution in [0.4, 0.5) is 0 Å². The molecule has 2 heterocycles. The number of carbonyl (C=O) groups excluding carboxylic acids is 3. The van der Waals surface area contributed by atoms with Crippen LogP contribution in [-0.2, 0) is 9.59 Å². The highest BCUT2D eigenvalue weighted by Crippen LogP contribution is 2.31. The summed E-state index contributed by atoms with van der Waals surface area (Å²) in [5, 5.41) is 19.3. The average Bonchev–Trinajstić information content (AvgIpc) is 3.30. The molecule has 0 radical (unpaired) electrons. The Morgan fingerprint density at radius 2 is 1.97 bits per heavy atom. The SMILES string of the molecule is COc1cc(Cl)cc2[nH]c(C(=O)N[C@@H](C[Si](C)(C)C)C(=O)N[C@H](C#N)C[C@@H]3CC(C)(C)NC3=O)cc12. The van der Waals surface area contributed by atoms with Crippen LogP contribution in [0.2, 0.25) is 30.7 Å². The van der Waals surface area contributed by atoms with Crippen molar-refractivity contribution in [2.24, 2.45) is 5.92 Å². The van der Waals surface area contributed by atoms with Gasteiger partial charge in [0.15, 0.2) is 0 Å². The van der Waals surface area contributed by atoms with Crippen molar-refractivity contribution >= 4 is 48.3 Å². The first-order valence-corrected chi connectivity index (χ1v) is 16.0. The molecule has 194 valence electrons. The number of halogens is 1. The van der Waals surface area contributed by atoms with Gasteiger partial charge in [0.05, 0.1) is 18.7 Å². The van der Waals surface area contributed by atoms with Crippen molar-refractivity contribution in [3.8, 4) is 11.8 Å². The van der Waals surface area contributed by atoms with E-state index < -0.39 is 32.0 Å². The van der Waals surface area contributed by atoms with Crippen LogP contribution < -0.4 is 20.7 Å². The molecule has 1 aliphatic heterocycles. The van der Waals surface area contributed by atoms with Gasteiger partial charge in [0.1, 0.15) is 23.5 Å². The quantitative estimate of drug-likeness (QED) is 0.367. The number of carbonyl (C=O) groups is 3. The van der Waals surface area contributed by atoms with Crippen LogP contribution in [0.25, 0.3) is 10.9 Å². The Kier molecular flexibility index (Phi) is 8.06. The van der Waals surface area contributed by atoms with E-state index in [-0.39, 0.29) is 29.5 Å². The standard InChI is InChI=1S/C25H34ClN5O4Si/c1-25(2)11-14(22(32)31-25)7-16(12-27)28-24(34)20(13-36(4,5)6)30-23(33)19-10-17-18(29-19)8-15(26)9-21(17)35-3/h8-10,14,16,20,29H,7,11,13H2,1-6H3,(H,28,34)(H,30,33)(H,31,32)/t14-,16+,20+/m1/s1. The monoisotopic (exact) mass is 531 g/mol. The summed E-state index contributed by atoms with van der Waals surface area (Å²) >= 11 is 6.14. The van der Waals surface area contributed by atoms with Crippen molar-refractivity contribution in [1.82, 2.24) is 20.9 Å². The molecule has 11 heteroatoms. The molecule has 0 saturated carbocycles. The van der Waals surface area contributed by atoms with Gasteiger partial charge in [0.25, 0.3) is 5.91 Å². The van der Waals surface area contributed by atoms with E-state index in [9.17, 15) is 19.6 Å². The van der Waals surface area contributed by atoms with Crippen molar-refractivity contribution < 1.29 is 19.1 Å². The van der Waals surface area contributed by atoms with E-state index in [1.807, 2.05) is 13.8 Å². The molecule has 1 saturated heterocycles. The third-order valence-corrected chi connectivity index (χ3v) is 8.00. The minimum absolute atomic E-state index is 0.115. The molecule has 4 N–H and O–H groups in total. The normalized spacial score (nSPS) is 18.7. The summed E-state index contributed by atoms with van der Waals surface area (Å²) < 4.78 is 5.36. The lowest BCUT2D eigenvalue weighted by Gasteiger charge is -2.26. The number of H-pyrrole nitrogens is 1. The van der Waals surface area contributed by atoms with Gasteiger partial charge in [-0.2, -0.15) is 5.26 Å². The lowest BCUT2D eigenvalue weighted by molar-refractivity contribution is -0.125. The highest BCUT2D eigenvalue weighted by Gasteiger charge is 2.39. The molecule has 0 unspecified atom stereocenters. The van der Waals surface area contributed by atoms with E-state index in [4.69, 9.17) is 16.3 Å². The number of hydrogen-bond acceptors (Lipinski definition) is 5. The van der Waals surface area contributed by atoms with Gasteiger partial charge >= 0.3 is 0 Å². The lowest BCUT2D eigenvalue weighted by Crippen LogP contribution is -2.52. The molecule has 3 rings (SSSR count). The highest BCUT2D eigenvalue weighted by atomic mass is 35.5. The smallest absolute Gasteiger partial charge is 0.268 e. The first kappa shape index (κ1) is 27.6. The number of benzene rings is 1. The van der Waals surface area contributed by atoms with E-state index in [0.29, 0.717) is 34.1 Å². The Balaban J connectivity index is 1.76. The van der Waals surface area contributed by atoms with Crippen LogP contribution in [0.1, 0.15) is 37.2 Å². The second-order valence-electron chi connectivity index (χ2n) is 11.2. The number of nitrogens with one attached hydrogen (secondary N) is 4. The number of aromatic nitrogens is 1. The number of fused-ring (bicyclic) bond motifs is 1. The Bertz CT molecular complexity index is 1210. The summed E-state index contributed by atoms with van der Waals surface area (Å²) in [7, 11) is -0.280. The Morgan fingerprint density at radius 1 is 1.28 bits per heavy atom. The van der Waals surface area contributed by atoms with Gasteiger partial charge < -0.3 is 25.7 Å². The third kappa shape index (κ3) is 6.80. The van der Waals surface area contributed by atoms with Crippen molar-refractivity contribution in [3.05, 3.63) is 28.9 Å². The molecule has 2 aromatic rings. The summed E-state index contributed by atoms with van der Waals surface area (Å²) in [5.74, 6) is -0.834. The molecule has 1 fully saturated rings. The minimum atomic E-state index is -1.80. The number of amides is 3. The third-order valence-electron chi connectivity index (χ3n) is 6.15. The molecule has 0 spiro atoms. The highest BCUT2D eigenvalue weighted by molar-refractivity contribution is 6.76. The van der Waals surface area contributed by atoms with Crippen molar-refractivity contribution in [2.45, 2.75) is 70.0 Å². The van der Waals surface area contributed by atoms with Gasteiger partial charge in [0, 0.05) is 29.9 Å². The topological polar surface area (TPSA) is 136 Å². The summed E-state index contributed by atoms with van der Waals surface area (Å²) in [6, 6.07) is 5.92. The summed E-state index contributed by atoms with van der Waals surface area (Å²) in [4.78, 5) is 41.7. The zero-order valence-electron chi connectivity index (χ0n) is 21.5. The first-order chi connectivity index (χ1) is 16.7. The second-order valence-corrected chi connectivity index (χ2v) is 17.2. The summed E-state index contributed by atoms with van der Waals surface area (Å²) in [6.45, 7) is 10.2.